The Labute approximate surface area is 161 Å². The highest BCUT2D eigenvalue weighted by atomic mass is 16.5. The maximum atomic E-state index is 12.4. The normalized spacial score (nSPS) is 10.9. The molecule has 0 atom stereocenters. The maximum Gasteiger partial charge on any atom is 0.355 e. The molecule has 8 heteroatoms. The molecule has 0 aliphatic carbocycles. The molecule has 0 aliphatic rings. The zero-order chi connectivity index (χ0) is 20.3. The Hall–Kier alpha value is -3.42. The molecule has 2 aromatic heterocycles. The lowest BCUT2D eigenvalue weighted by Crippen LogP contribution is -2.13. The molecule has 0 amide bonds. The minimum atomic E-state index is -0.622. The van der Waals surface area contributed by atoms with Crippen LogP contribution >= 0.6 is 0 Å². The molecule has 0 fully saturated rings. The Morgan fingerprint density at radius 3 is 2.50 bits per heavy atom. The molecule has 0 saturated heterocycles. The molecule has 0 radical (unpaired) electrons. The molecule has 0 aliphatic heterocycles. The molecule has 1 N–H and O–H groups in total. The number of H-pyrrole nitrogens is 1. The van der Waals surface area contributed by atoms with E-state index in [1.807, 2.05) is 30.3 Å². The zero-order valence-electron chi connectivity index (χ0n) is 16.1. The number of carbonyl (C=O) groups is 2. The quantitative estimate of drug-likeness (QED) is 0.648. The van der Waals surface area contributed by atoms with Crippen molar-refractivity contribution in [1.82, 2.24) is 15.2 Å². The van der Waals surface area contributed by atoms with Crippen LogP contribution in [0.2, 0.25) is 0 Å². The number of nitrogens with zero attached hydrogens (tertiary/aromatic N) is 2. The van der Waals surface area contributed by atoms with Crippen molar-refractivity contribution < 1.29 is 23.5 Å². The molecule has 3 aromatic rings. The third-order valence-electron chi connectivity index (χ3n) is 4.00. The van der Waals surface area contributed by atoms with Gasteiger partial charge in [-0.15, -0.1) is 10.2 Å². The van der Waals surface area contributed by atoms with Gasteiger partial charge < -0.3 is 18.9 Å². The first-order chi connectivity index (χ1) is 13.4. The summed E-state index contributed by atoms with van der Waals surface area (Å²) >= 11 is 0. The molecule has 28 heavy (non-hydrogen) atoms. The number of ether oxygens (including phenoxy) is 2. The molecule has 8 nitrogen and oxygen atoms in total. The van der Waals surface area contributed by atoms with Gasteiger partial charge in [-0.05, 0) is 45.4 Å². The van der Waals surface area contributed by atoms with Crippen LogP contribution in [0.3, 0.4) is 0 Å². The predicted octanol–water partition coefficient (Wildman–Crippen LogP) is 3.60. The number of hydrogen-bond acceptors (Lipinski definition) is 7. The summed E-state index contributed by atoms with van der Waals surface area (Å²) in [6, 6.07) is 9.28. The Morgan fingerprint density at radius 1 is 1.11 bits per heavy atom. The summed E-state index contributed by atoms with van der Waals surface area (Å²) < 4.78 is 16.0. The highest BCUT2D eigenvalue weighted by Crippen LogP contribution is 2.21. The number of esters is 2. The second-order valence-corrected chi connectivity index (χ2v) is 6.52. The van der Waals surface area contributed by atoms with Crippen molar-refractivity contribution >= 4 is 11.9 Å². The third kappa shape index (κ3) is 4.11. The molecule has 0 unspecified atom stereocenters. The van der Waals surface area contributed by atoms with Gasteiger partial charge in [0.25, 0.3) is 5.89 Å². The molecule has 0 spiro atoms. The second kappa shape index (κ2) is 8.08. The first-order valence-electron chi connectivity index (χ1n) is 8.82. The van der Waals surface area contributed by atoms with Crippen LogP contribution in [0.5, 0.6) is 0 Å². The van der Waals surface area contributed by atoms with Crippen LogP contribution in [0.4, 0.5) is 0 Å². The van der Waals surface area contributed by atoms with Crippen molar-refractivity contribution in [3.8, 4) is 11.5 Å². The summed E-state index contributed by atoms with van der Waals surface area (Å²) in [6.07, 6.45) is -0.257. The van der Waals surface area contributed by atoms with Gasteiger partial charge in [0.2, 0.25) is 5.89 Å². The highest BCUT2D eigenvalue weighted by Gasteiger charge is 2.25. The fourth-order valence-electron chi connectivity index (χ4n) is 2.74. The Bertz CT molecular complexity index is 989. The lowest BCUT2D eigenvalue weighted by molar-refractivity contribution is 0.0376. The Kier molecular flexibility index (Phi) is 5.58. The van der Waals surface area contributed by atoms with Crippen molar-refractivity contribution in [2.45, 2.75) is 40.4 Å². The van der Waals surface area contributed by atoms with E-state index in [9.17, 15) is 9.59 Å². The van der Waals surface area contributed by atoms with Gasteiger partial charge in [-0.1, -0.05) is 18.2 Å². The lowest BCUT2D eigenvalue weighted by Gasteiger charge is -2.08. The van der Waals surface area contributed by atoms with Gasteiger partial charge in [0.05, 0.1) is 11.7 Å². The van der Waals surface area contributed by atoms with Crippen molar-refractivity contribution in [3.63, 3.8) is 0 Å². The van der Waals surface area contributed by atoms with Crippen molar-refractivity contribution in [1.29, 1.82) is 0 Å². The number of aromatic nitrogens is 3. The number of nitrogens with one attached hydrogen (secondary N) is 1. The lowest BCUT2D eigenvalue weighted by atomic mass is 10.1. The van der Waals surface area contributed by atoms with E-state index in [4.69, 9.17) is 13.9 Å². The van der Waals surface area contributed by atoms with Crippen LogP contribution in [0.1, 0.15) is 51.8 Å². The van der Waals surface area contributed by atoms with Crippen LogP contribution < -0.4 is 0 Å². The number of benzene rings is 1. The molecule has 0 bridgehead atoms. The Morgan fingerprint density at radius 2 is 1.82 bits per heavy atom. The number of carbonyl (C=O) groups excluding carboxylic acids is 2. The van der Waals surface area contributed by atoms with Crippen molar-refractivity contribution in [2.24, 2.45) is 0 Å². The predicted molar refractivity (Wildman–Crippen MR) is 99.7 cm³/mol. The topological polar surface area (TPSA) is 107 Å². The summed E-state index contributed by atoms with van der Waals surface area (Å²) in [5, 5.41) is 7.83. The average Bonchev–Trinajstić information content (AvgIpc) is 3.24. The average molecular weight is 383 g/mol. The monoisotopic (exact) mass is 383 g/mol. The van der Waals surface area contributed by atoms with Gasteiger partial charge >= 0.3 is 11.9 Å². The number of aromatic amines is 1. The number of hydrogen-bond donors (Lipinski definition) is 1. The van der Waals surface area contributed by atoms with E-state index in [1.165, 1.54) is 0 Å². The van der Waals surface area contributed by atoms with Crippen LogP contribution in [0, 0.1) is 13.8 Å². The summed E-state index contributed by atoms with van der Waals surface area (Å²) in [4.78, 5) is 27.5. The largest absolute Gasteiger partial charge is 0.459 e. The second-order valence-electron chi connectivity index (χ2n) is 6.52. The van der Waals surface area contributed by atoms with E-state index < -0.39 is 11.9 Å². The van der Waals surface area contributed by atoms with E-state index in [2.05, 4.69) is 15.2 Å². The van der Waals surface area contributed by atoms with Gasteiger partial charge in [-0.25, -0.2) is 9.59 Å². The summed E-state index contributed by atoms with van der Waals surface area (Å²) in [5.74, 6) is -0.585. The van der Waals surface area contributed by atoms with Gasteiger partial charge in [-0.2, -0.15) is 0 Å². The Balaban J connectivity index is 1.69. The van der Waals surface area contributed by atoms with Crippen LogP contribution in [0.25, 0.3) is 11.5 Å². The van der Waals surface area contributed by atoms with Crippen LogP contribution in [-0.2, 0) is 16.1 Å². The summed E-state index contributed by atoms with van der Waals surface area (Å²) in [7, 11) is 0. The fraction of sp³-hybridized carbons (Fsp3) is 0.300. The standard InChI is InChI=1S/C20H21N3O5/c1-11(2)27-19(24)16-12(3)17(21-13(16)4)20(25)26-10-15-22-23-18(28-15)14-8-6-5-7-9-14/h5-9,11,21H,10H2,1-4H3. The SMILES string of the molecule is Cc1[nH]c(C(=O)OCc2nnc(-c3ccccc3)o2)c(C)c1C(=O)OC(C)C. The smallest absolute Gasteiger partial charge is 0.355 e. The number of rotatable bonds is 6. The van der Waals surface area contributed by atoms with E-state index in [0.717, 1.165) is 5.56 Å². The van der Waals surface area contributed by atoms with E-state index >= 15 is 0 Å². The summed E-state index contributed by atoms with van der Waals surface area (Å²) in [6.45, 7) is 6.71. The molecule has 0 saturated carbocycles. The minimum Gasteiger partial charge on any atom is -0.459 e. The molecule has 3 rings (SSSR count). The van der Waals surface area contributed by atoms with Gasteiger partial charge in [0.1, 0.15) is 5.69 Å². The van der Waals surface area contributed by atoms with Gasteiger partial charge in [-0.3, -0.25) is 0 Å². The fourth-order valence-corrected chi connectivity index (χ4v) is 2.74. The van der Waals surface area contributed by atoms with E-state index in [1.54, 1.807) is 27.7 Å². The minimum absolute atomic E-state index is 0.174. The molecule has 146 valence electrons. The number of aryl methyl sites for hydroxylation is 1. The third-order valence-corrected chi connectivity index (χ3v) is 4.00. The van der Waals surface area contributed by atoms with E-state index in [-0.39, 0.29) is 24.3 Å². The van der Waals surface area contributed by atoms with Gasteiger partial charge in [0, 0.05) is 11.3 Å². The highest BCUT2D eigenvalue weighted by molar-refractivity contribution is 5.98. The van der Waals surface area contributed by atoms with Crippen LogP contribution in [-0.4, -0.2) is 33.2 Å². The van der Waals surface area contributed by atoms with Crippen molar-refractivity contribution in [2.75, 3.05) is 0 Å². The van der Waals surface area contributed by atoms with Crippen LogP contribution in [0.15, 0.2) is 34.7 Å². The van der Waals surface area contributed by atoms with E-state index in [0.29, 0.717) is 22.7 Å². The first kappa shape index (κ1) is 19.3. The maximum absolute atomic E-state index is 12.4. The van der Waals surface area contributed by atoms with Gasteiger partial charge in [0.15, 0.2) is 6.61 Å². The molecular formula is C20H21N3O5. The molecular weight excluding hydrogens is 362 g/mol. The zero-order valence-corrected chi connectivity index (χ0v) is 16.1. The molecule has 2 heterocycles. The summed E-state index contributed by atoms with van der Waals surface area (Å²) in [5.41, 5.74) is 2.32. The van der Waals surface area contributed by atoms with Crippen molar-refractivity contribution in [3.05, 3.63) is 58.7 Å². The molecule has 1 aromatic carbocycles. The first-order valence-corrected chi connectivity index (χ1v) is 8.82.